The van der Waals surface area contributed by atoms with Gasteiger partial charge in [-0.3, -0.25) is 5.10 Å². The maximum absolute atomic E-state index is 12.4. The molecule has 6 nitrogen and oxygen atoms in total. The Kier molecular flexibility index (Phi) is 5.40. The van der Waals surface area contributed by atoms with Crippen LogP contribution in [-0.4, -0.2) is 38.1 Å². The smallest absolute Gasteiger partial charge is 0.476 e. The molecule has 10 heteroatoms. The normalized spacial score (nSPS) is 20.7. The number of benzene rings is 1. The van der Waals surface area contributed by atoms with Gasteiger partial charge in [0, 0.05) is 5.25 Å². The molecular weight excluding hydrogens is 371 g/mol. The van der Waals surface area contributed by atoms with E-state index in [1.807, 2.05) is 6.07 Å². The first-order chi connectivity index (χ1) is 12.3. The molecule has 26 heavy (non-hydrogen) atoms. The van der Waals surface area contributed by atoms with Crippen molar-refractivity contribution in [1.29, 1.82) is 0 Å². The fourth-order valence-corrected chi connectivity index (χ4v) is 4.24. The first kappa shape index (κ1) is 18.6. The van der Waals surface area contributed by atoms with Gasteiger partial charge in [-0.1, -0.05) is 29.1 Å². The highest BCUT2D eigenvalue weighted by atomic mass is 32.2. The second-order valence-corrected chi connectivity index (χ2v) is 7.30. The molecule has 1 aromatic heterocycles. The van der Waals surface area contributed by atoms with Crippen molar-refractivity contribution in [2.75, 3.05) is 0 Å². The van der Waals surface area contributed by atoms with E-state index < -0.39 is 12.3 Å². The molecule has 0 aliphatic heterocycles. The largest absolute Gasteiger partial charge is 0.573 e. The molecule has 2 aromatic rings. The molecule has 1 heterocycles. The summed E-state index contributed by atoms with van der Waals surface area (Å²) in [6.07, 6.45) is -1.48. The van der Waals surface area contributed by atoms with Gasteiger partial charge in [0.2, 0.25) is 0 Å². The summed E-state index contributed by atoms with van der Waals surface area (Å²) in [5.74, 6) is -1.16. The zero-order valence-electron chi connectivity index (χ0n) is 13.5. The Morgan fingerprint density at radius 1 is 1.27 bits per heavy atom. The molecular formula is C16H16F3N3O3S. The first-order valence-electron chi connectivity index (χ1n) is 7.98. The quantitative estimate of drug-likeness (QED) is 0.799. The molecule has 0 bridgehead atoms. The van der Waals surface area contributed by atoms with E-state index in [0.717, 1.165) is 31.2 Å². The molecule has 2 N–H and O–H groups in total. The Hall–Kier alpha value is -2.23. The summed E-state index contributed by atoms with van der Waals surface area (Å²) >= 11 is 1.38. The minimum Gasteiger partial charge on any atom is -0.476 e. The number of hydrogen-bond donors (Lipinski definition) is 2. The van der Waals surface area contributed by atoms with Gasteiger partial charge in [0.1, 0.15) is 5.75 Å². The minimum atomic E-state index is -4.70. The van der Waals surface area contributed by atoms with Gasteiger partial charge >= 0.3 is 12.3 Å². The number of aromatic nitrogens is 3. The van der Waals surface area contributed by atoms with Crippen LogP contribution in [0, 0.1) is 0 Å². The van der Waals surface area contributed by atoms with Gasteiger partial charge in [0.05, 0.1) is 0 Å². The number of carboxylic acid groups (broad SMARTS) is 1. The minimum absolute atomic E-state index is 0.0193. The monoisotopic (exact) mass is 387 g/mol. The van der Waals surface area contributed by atoms with Crippen molar-refractivity contribution < 1.29 is 27.8 Å². The SMILES string of the molecule is O=C(O)c1[nH]nnc1SC1CCC(c2cccc(OC(F)(F)F)c2)CC1. The van der Waals surface area contributed by atoms with Crippen LogP contribution in [0.5, 0.6) is 5.75 Å². The van der Waals surface area contributed by atoms with Crippen LogP contribution in [0.15, 0.2) is 29.3 Å². The number of halogens is 3. The number of aromatic carboxylic acids is 1. The highest BCUT2D eigenvalue weighted by Crippen LogP contribution is 2.40. The molecule has 0 saturated heterocycles. The van der Waals surface area contributed by atoms with Gasteiger partial charge in [-0.15, -0.1) is 18.3 Å². The zero-order valence-corrected chi connectivity index (χ0v) is 14.3. The van der Waals surface area contributed by atoms with Crippen molar-refractivity contribution in [3.8, 4) is 5.75 Å². The maximum atomic E-state index is 12.4. The number of H-pyrrole nitrogens is 1. The van der Waals surface area contributed by atoms with E-state index >= 15 is 0 Å². The van der Waals surface area contributed by atoms with Gasteiger partial charge in [-0.2, -0.15) is 0 Å². The zero-order chi connectivity index (χ0) is 18.7. The van der Waals surface area contributed by atoms with Crippen LogP contribution in [0.2, 0.25) is 0 Å². The number of rotatable bonds is 5. The van der Waals surface area contributed by atoms with Crippen LogP contribution in [0.25, 0.3) is 0 Å². The van der Waals surface area contributed by atoms with Crippen molar-refractivity contribution in [1.82, 2.24) is 15.4 Å². The number of alkyl halides is 3. The summed E-state index contributed by atoms with van der Waals surface area (Å²) in [6, 6.07) is 6.09. The standard InChI is InChI=1S/C16H16F3N3O3S/c17-16(18,19)25-11-3-1-2-10(8-11)9-4-6-12(7-5-9)26-14-13(15(23)24)20-22-21-14/h1-3,8-9,12H,4-7H2,(H,23,24)(H,20,21,22). The first-order valence-corrected chi connectivity index (χ1v) is 8.86. The van der Waals surface area contributed by atoms with Gasteiger partial charge in [-0.25, -0.2) is 4.79 Å². The van der Waals surface area contributed by atoms with Gasteiger partial charge in [0.15, 0.2) is 10.7 Å². The Balaban J connectivity index is 1.59. The Morgan fingerprint density at radius 2 is 2.00 bits per heavy atom. The number of nitrogens with one attached hydrogen (secondary N) is 1. The van der Waals surface area contributed by atoms with Crippen LogP contribution in [-0.2, 0) is 0 Å². The third kappa shape index (κ3) is 4.69. The molecule has 0 spiro atoms. The lowest BCUT2D eigenvalue weighted by atomic mass is 9.84. The highest BCUT2D eigenvalue weighted by molar-refractivity contribution is 7.99. The molecule has 1 saturated carbocycles. The number of thioether (sulfide) groups is 1. The molecule has 3 rings (SSSR count). The van der Waals surface area contributed by atoms with Gasteiger partial charge in [0.25, 0.3) is 0 Å². The lowest BCUT2D eigenvalue weighted by Crippen LogP contribution is -2.18. The van der Waals surface area contributed by atoms with E-state index in [9.17, 15) is 18.0 Å². The number of carboxylic acids is 1. The fourth-order valence-electron chi connectivity index (χ4n) is 3.08. The summed E-state index contributed by atoms with van der Waals surface area (Å²) in [6.45, 7) is 0. The summed E-state index contributed by atoms with van der Waals surface area (Å²) in [5.41, 5.74) is 0.803. The van der Waals surface area contributed by atoms with Crippen LogP contribution in [0.3, 0.4) is 0 Å². The Morgan fingerprint density at radius 3 is 2.65 bits per heavy atom. The van der Waals surface area contributed by atoms with E-state index in [4.69, 9.17) is 5.11 Å². The van der Waals surface area contributed by atoms with Crippen molar-refractivity contribution in [2.24, 2.45) is 0 Å². The van der Waals surface area contributed by atoms with Gasteiger partial charge in [-0.05, 0) is 49.3 Å². The number of nitrogens with zero attached hydrogens (tertiary/aromatic N) is 2. The lowest BCUT2D eigenvalue weighted by molar-refractivity contribution is -0.274. The topological polar surface area (TPSA) is 88.1 Å². The summed E-state index contributed by atoms with van der Waals surface area (Å²) in [4.78, 5) is 11.1. The molecule has 0 radical (unpaired) electrons. The van der Waals surface area contributed by atoms with E-state index in [1.54, 1.807) is 6.07 Å². The average molecular weight is 387 g/mol. The van der Waals surface area contributed by atoms with Crippen molar-refractivity contribution in [3.63, 3.8) is 0 Å². The molecule has 1 aliphatic carbocycles. The van der Waals surface area contributed by atoms with Crippen molar-refractivity contribution in [2.45, 2.75) is 48.2 Å². The molecule has 0 unspecified atom stereocenters. The van der Waals surface area contributed by atoms with E-state index in [-0.39, 0.29) is 22.6 Å². The third-order valence-electron chi connectivity index (χ3n) is 4.25. The van der Waals surface area contributed by atoms with Crippen molar-refractivity contribution in [3.05, 3.63) is 35.5 Å². The molecule has 1 aromatic carbocycles. The van der Waals surface area contributed by atoms with Crippen LogP contribution in [0.1, 0.15) is 47.7 Å². The number of ether oxygens (including phenoxy) is 1. The average Bonchev–Trinajstić information content (AvgIpc) is 3.02. The maximum Gasteiger partial charge on any atom is 0.573 e. The number of aromatic amines is 1. The van der Waals surface area contributed by atoms with E-state index in [2.05, 4.69) is 20.1 Å². The molecule has 140 valence electrons. The fraction of sp³-hybridized carbons (Fsp3) is 0.438. The van der Waals surface area contributed by atoms with E-state index in [1.165, 1.54) is 23.9 Å². The predicted octanol–water partition coefficient (Wildman–Crippen LogP) is 4.22. The van der Waals surface area contributed by atoms with Crippen LogP contribution in [0.4, 0.5) is 13.2 Å². The third-order valence-corrected chi connectivity index (χ3v) is 5.56. The van der Waals surface area contributed by atoms with Crippen LogP contribution < -0.4 is 4.74 Å². The lowest BCUT2D eigenvalue weighted by Gasteiger charge is -2.28. The summed E-state index contributed by atoms with van der Waals surface area (Å²) in [7, 11) is 0. The molecule has 1 fully saturated rings. The summed E-state index contributed by atoms with van der Waals surface area (Å²) < 4.78 is 41.0. The molecule has 1 aliphatic rings. The number of hydrogen-bond acceptors (Lipinski definition) is 5. The highest BCUT2D eigenvalue weighted by Gasteiger charge is 2.31. The number of carbonyl (C=O) groups is 1. The van der Waals surface area contributed by atoms with Gasteiger partial charge < -0.3 is 9.84 Å². The molecule has 0 amide bonds. The van der Waals surface area contributed by atoms with E-state index in [0.29, 0.717) is 5.03 Å². The summed E-state index contributed by atoms with van der Waals surface area (Å²) in [5, 5.41) is 19.3. The molecule has 0 atom stereocenters. The Labute approximate surface area is 151 Å². The Bertz CT molecular complexity index is 773. The second kappa shape index (κ2) is 7.56. The van der Waals surface area contributed by atoms with Crippen LogP contribution >= 0.6 is 11.8 Å². The predicted molar refractivity (Wildman–Crippen MR) is 87.3 cm³/mol. The van der Waals surface area contributed by atoms with Crippen molar-refractivity contribution >= 4 is 17.7 Å². The second-order valence-electron chi connectivity index (χ2n) is 6.01.